The summed E-state index contributed by atoms with van der Waals surface area (Å²) in [5.74, 6) is -0.641. The second-order valence-corrected chi connectivity index (χ2v) is 6.04. The summed E-state index contributed by atoms with van der Waals surface area (Å²) in [4.78, 5) is 10.9. The second kappa shape index (κ2) is 5.09. The van der Waals surface area contributed by atoms with Crippen molar-refractivity contribution in [1.82, 2.24) is 13.9 Å². The van der Waals surface area contributed by atoms with E-state index in [0.717, 1.165) is 15.2 Å². The Morgan fingerprint density at radius 2 is 2.12 bits per heavy atom. The van der Waals surface area contributed by atoms with Gasteiger partial charge >= 0.3 is 0 Å². The van der Waals surface area contributed by atoms with Gasteiger partial charge in [-0.3, -0.25) is 4.79 Å². The Bertz CT molecular complexity index is 348. The first kappa shape index (κ1) is 13.4. The van der Waals surface area contributed by atoms with Gasteiger partial charge in [0, 0.05) is 26.7 Å². The molecular weight excluding hydrogens is 232 g/mol. The van der Waals surface area contributed by atoms with Crippen LogP contribution in [0.4, 0.5) is 0 Å². The van der Waals surface area contributed by atoms with Crippen LogP contribution in [0.25, 0.3) is 0 Å². The smallest absolute Gasteiger partial charge is 0.282 e. The largest absolute Gasteiger partial charge is 0.369 e. The van der Waals surface area contributed by atoms with Crippen molar-refractivity contribution >= 4 is 16.1 Å². The summed E-state index contributed by atoms with van der Waals surface area (Å²) >= 11 is 0. The van der Waals surface area contributed by atoms with E-state index in [9.17, 15) is 13.2 Å². The highest BCUT2D eigenvalue weighted by molar-refractivity contribution is 7.86. The van der Waals surface area contributed by atoms with E-state index >= 15 is 0 Å². The molecule has 1 saturated heterocycles. The summed E-state index contributed by atoms with van der Waals surface area (Å²) in [7, 11) is -0.719. The summed E-state index contributed by atoms with van der Waals surface area (Å²) in [6, 6.07) is -0.195. The number of carbonyl (C=O) groups is 1. The molecule has 7 nitrogen and oxygen atoms in total. The molecule has 94 valence electrons. The third kappa shape index (κ3) is 2.91. The van der Waals surface area contributed by atoms with Gasteiger partial charge in [0.2, 0.25) is 5.91 Å². The minimum absolute atomic E-state index is 0.195. The predicted octanol–water partition coefficient (Wildman–Crippen LogP) is -2.06. The van der Waals surface area contributed by atoms with Crippen LogP contribution < -0.4 is 11.1 Å². The first-order valence-electron chi connectivity index (χ1n) is 5.04. The number of nitrogens with zero attached hydrogens (tertiary/aromatic N) is 2. The van der Waals surface area contributed by atoms with Gasteiger partial charge < -0.3 is 11.1 Å². The van der Waals surface area contributed by atoms with Crippen LogP contribution in [0, 0.1) is 0 Å². The fourth-order valence-electron chi connectivity index (χ4n) is 1.65. The maximum atomic E-state index is 12.0. The lowest BCUT2D eigenvalue weighted by molar-refractivity contribution is -0.118. The summed E-state index contributed by atoms with van der Waals surface area (Å²) in [5.41, 5.74) is 5.07. The van der Waals surface area contributed by atoms with Gasteiger partial charge in [-0.25, -0.2) is 0 Å². The number of hydrogen-bond donors (Lipinski definition) is 2. The minimum Gasteiger partial charge on any atom is -0.369 e. The molecule has 1 fully saturated rings. The van der Waals surface area contributed by atoms with Gasteiger partial charge in [-0.15, -0.1) is 0 Å². The standard InChI is InChI=1S/C8H18N4O3S/c1-11(2)16(14,15)12(6-8(9)13)7-3-4-10-5-7/h7,10H,3-6H2,1-2H3,(H2,9,13). The topological polar surface area (TPSA) is 95.7 Å². The van der Waals surface area contributed by atoms with Crippen molar-refractivity contribution in [3.8, 4) is 0 Å². The van der Waals surface area contributed by atoms with E-state index in [1.54, 1.807) is 0 Å². The molecule has 1 atom stereocenters. The molecule has 0 radical (unpaired) electrons. The molecule has 0 aromatic rings. The van der Waals surface area contributed by atoms with Crippen LogP contribution in [0.1, 0.15) is 6.42 Å². The molecule has 1 rings (SSSR count). The molecule has 0 saturated carbocycles. The van der Waals surface area contributed by atoms with Crippen LogP contribution in [0.2, 0.25) is 0 Å². The van der Waals surface area contributed by atoms with Crippen molar-refractivity contribution in [1.29, 1.82) is 0 Å². The Kier molecular flexibility index (Phi) is 4.25. The average Bonchev–Trinajstić information content (AvgIpc) is 2.65. The van der Waals surface area contributed by atoms with Crippen molar-refractivity contribution in [3.63, 3.8) is 0 Å². The summed E-state index contributed by atoms with van der Waals surface area (Å²) in [6.45, 7) is 1.04. The Morgan fingerprint density at radius 1 is 1.50 bits per heavy atom. The predicted molar refractivity (Wildman–Crippen MR) is 59.8 cm³/mol. The zero-order valence-corrected chi connectivity index (χ0v) is 10.3. The van der Waals surface area contributed by atoms with E-state index in [0.29, 0.717) is 13.0 Å². The van der Waals surface area contributed by atoms with Gasteiger partial charge in [0.25, 0.3) is 10.2 Å². The fourth-order valence-corrected chi connectivity index (χ4v) is 2.91. The van der Waals surface area contributed by atoms with Crippen molar-refractivity contribution < 1.29 is 13.2 Å². The normalized spacial score (nSPS) is 21.9. The van der Waals surface area contributed by atoms with Crippen molar-refractivity contribution in [2.45, 2.75) is 12.5 Å². The highest BCUT2D eigenvalue weighted by atomic mass is 32.2. The van der Waals surface area contributed by atoms with Crippen LogP contribution >= 0.6 is 0 Å². The molecule has 1 unspecified atom stereocenters. The minimum atomic E-state index is -3.59. The summed E-state index contributed by atoms with van der Waals surface area (Å²) in [5, 5.41) is 3.06. The maximum absolute atomic E-state index is 12.0. The average molecular weight is 250 g/mol. The number of primary amides is 1. The Morgan fingerprint density at radius 3 is 2.50 bits per heavy atom. The number of rotatable bonds is 5. The van der Waals surface area contributed by atoms with E-state index < -0.39 is 16.1 Å². The number of hydrogen-bond acceptors (Lipinski definition) is 4. The highest BCUT2D eigenvalue weighted by Crippen LogP contribution is 2.14. The molecule has 1 amide bonds. The van der Waals surface area contributed by atoms with E-state index in [1.807, 2.05) is 0 Å². The zero-order chi connectivity index (χ0) is 12.3. The quantitative estimate of drug-likeness (QED) is 0.586. The van der Waals surface area contributed by atoms with Crippen LogP contribution in [0.15, 0.2) is 0 Å². The SMILES string of the molecule is CN(C)S(=O)(=O)N(CC(N)=O)C1CCNC1. The van der Waals surface area contributed by atoms with Gasteiger partial charge in [0.05, 0.1) is 6.54 Å². The van der Waals surface area contributed by atoms with Gasteiger partial charge in [0.15, 0.2) is 0 Å². The van der Waals surface area contributed by atoms with Crippen LogP contribution in [-0.2, 0) is 15.0 Å². The molecule has 0 aromatic heterocycles. The molecule has 1 heterocycles. The fraction of sp³-hybridized carbons (Fsp3) is 0.875. The third-order valence-corrected chi connectivity index (χ3v) is 4.45. The van der Waals surface area contributed by atoms with Crippen LogP contribution in [0.5, 0.6) is 0 Å². The number of nitrogens with one attached hydrogen (secondary N) is 1. The molecule has 0 bridgehead atoms. The van der Waals surface area contributed by atoms with E-state index in [-0.39, 0.29) is 12.6 Å². The monoisotopic (exact) mass is 250 g/mol. The van der Waals surface area contributed by atoms with Gasteiger partial charge in [-0.1, -0.05) is 0 Å². The van der Waals surface area contributed by atoms with E-state index in [2.05, 4.69) is 5.32 Å². The Labute approximate surface area is 95.8 Å². The Hall–Kier alpha value is -0.700. The van der Waals surface area contributed by atoms with E-state index in [4.69, 9.17) is 5.73 Å². The van der Waals surface area contributed by atoms with Gasteiger partial charge in [0.1, 0.15) is 0 Å². The molecule has 0 spiro atoms. The van der Waals surface area contributed by atoms with Crippen molar-refractivity contribution in [2.24, 2.45) is 5.73 Å². The number of carbonyl (C=O) groups excluding carboxylic acids is 1. The zero-order valence-electron chi connectivity index (χ0n) is 9.51. The number of amides is 1. The number of nitrogens with two attached hydrogens (primary N) is 1. The lowest BCUT2D eigenvalue weighted by Gasteiger charge is -2.28. The molecule has 0 aliphatic carbocycles. The summed E-state index contributed by atoms with van der Waals surface area (Å²) < 4.78 is 26.2. The van der Waals surface area contributed by atoms with Crippen LogP contribution in [0.3, 0.4) is 0 Å². The first-order valence-corrected chi connectivity index (χ1v) is 6.43. The summed E-state index contributed by atoms with van der Waals surface area (Å²) in [6.07, 6.45) is 0.695. The lowest BCUT2D eigenvalue weighted by atomic mass is 10.2. The molecule has 1 aliphatic heterocycles. The molecule has 8 heteroatoms. The van der Waals surface area contributed by atoms with E-state index in [1.165, 1.54) is 14.1 Å². The Balaban J connectivity index is 2.90. The molecule has 1 aliphatic rings. The molecule has 16 heavy (non-hydrogen) atoms. The maximum Gasteiger partial charge on any atom is 0.282 e. The third-order valence-electron chi connectivity index (χ3n) is 2.51. The first-order chi connectivity index (χ1) is 7.35. The van der Waals surface area contributed by atoms with Crippen LogP contribution in [-0.4, -0.2) is 62.7 Å². The van der Waals surface area contributed by atoms with Crippen molar-refractivity contribution in [3.05, 3.63) is 0 Å². The highest BCUT2D eigenvalue weighted by Gasteiger charge is 2.34. The molecular formula is C8H18N4O3S. The van der Waals surface area contributed by atoms with Crippen molar-refractivity contribution in [2.75, 3.05) is 33.7 Å². The van der Waals surface area contributed by atoms with Gasteiger partial charge in [-0.2, -0.15) is 17.0 Å². The van der Waals surface area contributed by atoms with Gasteiger partial charge in [-0.05, 0) is 13.0 Å². The molecule has 3 N–H and O–H groups in total. The molecule has 0 aromatic carbocycles. The second-order valence-electron chi connectivity index (χ2n) is 3.95. The lowest BCUT2D eigenvalue weighted by Crippen LogP contribution is -2.50.